The largest absolute Gasteiger partial charge is 0.311 e. The summed E-state index contributed by atoms with van der Waals surface area (Å²) in [4.78, 5) is 0. The zero-order chi connectivity index (χ0) is 13.0. The van der Waals surface area contributed by atoms with Crippen molar-refractivity contribution in [3.8, 4) is 0 Å². The molecular weight excluding hydrogens is 242 g/mol. The molecule has 1 aromatic heterocycles. The van der Waals surface area contributed by atoms with Crippen LogP contribution in [0.15, 0.2) is 24.3 Å². The predicted octanol–water partition coefficient (Wildman–Crippen LogP) is 3.11. The number of nitrogens with zero attached hydrogens (tertiary/aromatic N) is 2. The lowest BCUT2D eigenvalue weighted by atomic mass is 10.1. The predicted molar refractivity (Wildman–Crippen MR) is 76.0 cm³/mol. The van der Waals surface area contributed by atoms with E-state index in [1.807, 2.05) is 7.05 Å². The van der Waals surface area contributed by atoms with Crippen molar-refractivity contribution in [3.63, 3.8) is 0 Å². The lowest BCUT2D eigenvalue weighted by molar-refractivity contribution is 0.568. The van der Waals surface area contributed by atoms with E-state index in [9.17, 15) is 0 Å². The highest BCUT2D eigenvalue weighted by atomic mass is 32.1. The van der Waals surface area contributed by atoms with Gasteiger partial charge in [0.2, 0.25) is 0 Å². The molecule has 0 fully saturated rings. The molecule has 0 aliphatic rings. The van der Waals surface area contributed by atoms with Crippen molar-refractivity contribution in [1.29, 1.82) is 0 Å². The van der Waals surface area contributed by atoms with Crippen LogP contribution in [0.2, 0.25) is 0 Å². The molecule has 0 aliphatic carbocycles. The Morgan fingerprint density at radius 3 is 2.56 bits per heavy atom. The summed E-state index contributed by atoms with van der Waals surface area (Å²) in [5.74, 6) is 0. The number of aromatic nitrogens is 2. The van der Waals surface area contributed by atoms with Crippen LogP contribution in [0.4, 0.5) is 0 Å². The van der Waals surface area contributed by atoms with E-state index >= 15 is 0 Å². The normalized spacial score (nSPS) is 12.6. The molecule has 1 unspecified atom stereocenters. The number of hydrogen-bond acceptors (Lipinski definition) is 4. The van der Waals surface area contributed by atoms with Gasteiger partial charge >= 0.3 is 0 Å². The third-order valence-corrected chi connectivity index (χ3v) is 4.05. The van der Waals surface area contributed by atoms with Crippen LogP contribution in [-0.2, 0) is 6.42 Å². The lowest BCUT2D eigenvalue weighted by Gasteiger charge is -2.08. The zero-order valence-corrected chi connectivity index (χ0v) is 11.9. The number of nitrogens with one attached hydrogen (secondary N) is 1. The Balaban J connectivity index is 2.08. The van der Waals surface area contributed by atoms with Crippen LogP contribution in [0.25, 0.3) is 0 Å². The molecule has 2 aromatic rings. The SMILES string of the molecule is CCC(NC)c1nnc(Cc2ccc(C)cc2)s1. The van der Waals surface area contributed by atoms with Crippen LogP contribution in [0, 0.1) is 6.92 Å². The minimum absolute atomic E-state index is 0.328. The molecule has 0 saturated heterocycles. The summed E-state index contributed by atoms with van der Waals surface area (Å²) in [5.41, 5.74) is 2.58. The maximum absolute atomic E-state index is 4.28. The molecule has 1 N–H and O–H groups in total. The highest BCUT2D eigenvalue weighted by molar-refractivity contribution is 7.11. The van der Waals surface area contributed by atoms with E-state index in [1.165, 1.54) is 11.1 Å². The van der Waals surface area contributed by atoms with Gasteiger partial charge in [-0.2, -0.15) is 0 Å². The summed E-state index contributed by atoms with van der Waals surface area (Å²) in [6.45, 7) is 4.26. The molecule has 0 amide bonds. The highest BCUT2D eigenvalue weighted by Gasteiger charge is 2.12. The van der Waals surface area contributed by atoms with Gasteiger partial charge in [-0.25, -0.2) is 0 Å². The van der Waals surface area contributed by atoms with Gasteiger partial charge in [0.05, 0.1) is 6.04 Å². The van der Waals surface area contributed by atoms with E-state index < -0.39 is 0 Å². The van der Waals surface area contributed by atoms with Crippen LogP contribution in [0.1, 0.15) is 40.5 Å². The minimum atomic E-state index is 0.328. The monoisotopic (exact) mass is 261 g/mol. The first-order valence-corrected chi connectivity index (χ1v) is 7.09. The van der Waals surface area contributed by atoms with Gasteiger partial charge in [0, 0.05) is 6.42 Å². The Morgan fingerprint density at radius 2 is 1.94 bits per heavy atom. The van der Waals surface area contributed by atoms with Crippen LogP contribution in [0.3, 0.4) is 0 Å². The highest BCUT2D eigenvalue weighted by Crippen LogP contribution is 2.22. The van der Waals surface area contributed by atoms with Crippen LogP contribution in [0.5, 0.6) is 0 Å². The van der Waals surface area contributed by atoms with Gasteiger partial charge in [-0.05, 0) is 26.0 Å². The Kier molecular flexibility index (Phi) is 4.44. The third-order valence-electron chi connectivity index (χ3n) is 3.01. The first-order valence-electron chi connectivity index (χ1n) is 6.28. The van der Waals surface area contributed by atoms with Gasteiger partial charge in [-0.3, -0.25) is 0 Å². The molecule has 0 saturated carbocycles. The Hall–Kier alpha value is -1.26. The van der Waals surface area contributed by atoms with Crippen molar-refractivity contribution in [2.24, 2.45) is 0 Å². The fourth-order valence-electron chi connectivity index (χ4n) is 1.86. The summed E-state index contributed by atoms with van der Waals surface area (Å²) < 4.78 is 0. The average Bonchev–Trinajstić information content (AvgIpc) is 2.82. The molecule has 96 valence electrons. The van der Waals surface area contributed by atoms with Crippen molar-refractivity contribution >= 4 is 11.3 Å². The topological polar surface area (TPSA) is 37.8 Å². The van der Waals surface area contributed by atoms with Crippen molar-refractivity contribution in [3.05, 3.63) is 45.4 Å². The van der Waals surface area contributed by atoms with Crippen molar-refractivity contribution in [2.45, 2.75) is 32.7 Å². The van der Waals surface area contributed by atoms with E-state index in [4.69, 9.17) is 0 Å². The van der Waals surface area contributed by atoms with Crippen LogP contribution in [-0.4, -0.2) is 17.2 Å². The van der Waals surface area contributed by atoms with Gasteiger partial charge in [0.1, 0.15) is 10.0 Å². The standard InChI is InChI=1S/C14H19N3S/c1-4-12(15-3)14-17-16-13(18-14)9-11-7-5-10(2)6-8-11/h5-8,12,15H,4,9H2,1-3H3. The maximum atomic E-state index is 4.28. The second kappa shape index (κ2) is 6.07. The molecule has 0 bridgehead atoms. The number of rotatable bonds is 5. The molecular formula is C14H19N3S. The summed E-state index contributed by atoms with van der Waals surface area (Å²) in [6.07, 6.45) is 1.91. The van der Waals surface area contributed by atoms with E-state index in [0.717, 1.165) is 22.9 Å². The second-order valence-corrected chi connectivity index (χ2v) is 5.54. The summed E-state index contributed by atoms with van der Waals surface area (Å²) in [7, 11) is 1.97. The minimum Gasteiger partial charge on any atom is -0.311 e. The number of benzene rings is 1. The van der Waals surface area contributed by atoms with Gasteiger partial charge < -0.3 is 5.32 Å². The number of aryl methyl sites for hydroxylation is 1. The molecule has 0 aliphatic heterocycles. The quantitative estimate of drug-likeness (QED) is 0.898. The molecule has 1 aromatic carbocycles. The van der Waals surface area contributed by atoms with Crippen LogP contribution < -0.4 is 5.32 Å². The molecule has 1 atom stereocenters. The molecule has 3 nitrogen and oxygen atoms in total. The molecule has 18 heavy (non-hydrogen) atoms. The molecule has 0 radical (unpaired) electrons. The Labute approximate surface area is 112 Å². The van der Waals surface area contributed by atoms with E-state index in [0.29, 0.717) is 6.04 Å². The van der Waals surface area contributed by atoms with Crippen LogP contribution >= 0.6 is 11.3 Å². The van der Waals surface area contributed by atoms with Gasteiger partial charge in [0.25, 0.3) is 0 Å². The van der Waals surface area contributed by atoms with Crippen molar-refractivity contribution < 1.29 is 0 Å². The third kappa shape index (κ3) is 3.15. The fraction of sp³-hybridized carbons (Fsp3) is 0.429. The molecule has 2 rings (SSSR count). The first kappa shape index (κ1) is 13.2. The maximum Gasteiger partial charge on any atom is 0.134 e. The lowest BCUT2D eigenvalue weighted by Crippen LogP contribution is -2.14. The van der Waals surface area contributed by atoms with E-state index in [2.05, 4.69) is 53.6 Å². The molecule has 1 heterocycles. The fourth-order valence-corrected chi connectivity index (χ4v) is 2.93. The first-order chi connectivity index (χ1) is 8.72. The van der Waals surface area contributed by atoms with Gasteiger partial charge in [-0.15, -0.1) is 10.2 Å². The van der Waals surface area contributed by atoms with E-state index in [1.54, 1.807) is 11.3 Å². The summed E-state index contributed by atoms with van der Waals surface area (Å²) in [5, 5.41) is 14.0. The number of hydrogen-bond donors (Lipinski definition) is 1. The Morgan fingerprint density at radius 1 is 1.22 bits per heavy atom. The van der Waals surface area contributed by atoms with E-state index in [-0.39, 0.29) is 0 Å². The second-order valence-electron chi connectivity index (χ2n) is 4.45. The van der Waals surface area contributed by atoms with Crippen molar-refractivity contribution in [2.75, 3.05) is 7.05 Å². The average molecular weight is 261 g/mol. The zero-order valence-electron chi connectivity index (χ0n) is 11.1. The van der Waals surface area contributed by atoms with Gasteiger partial charge in [0.15, 0.2) is 0 Å². The molecule has 0 spiro atoms. The molecule has 4 heteroatoms. The summed E-state index contributed by atoms with van der Waals surface area (Å²) in [6, 6.07) is 8.92. The smallest absolute Gasteiger partial charge is 0.134 e. The van der Waals surface area contributed by atoms with Gasteiger partial charge in [-0.1, -0.05) is 48.1 Å². The van der Waals surface area contributed by atoms with Crippen molar-refractivity contribution in [1.82, 2.24) is 15.5 Å². The summed E-state index contributed by atoms with van der Waals surface area (Å²) >= 11 is 1.70. The Bertz CT molecular complexity index is 486.